The van der Waals surface area contributed by atoms with Crippen molar-refractivity contribution in [2.75, 3.05) is 0 Å². The van der Waals surface area contributed by atoms with Crippen LogP contribution >= 0.6 is 12.2 Å². The maximum Gasteiger partial charge on any atom is 0.387 e. The number of alkyl halides is 2. The molecule has 0 N–H and O–H groups in total. The summed E-state index contributed by atoms with van der Waals surface area (Å²) in [6.45, 7) is 1.06. The average Bonchev–Trinajstić information content (AvgIpc) is 2.37. The number of ketones is 1. The average molecular weight is 299 g/mol. The third-order valence-corrected chi connectivity index (χ3v) is 2.68. The van der Waals surface area contributed by atoms with E-state index in [2.05, 4.69) is 27.1 Å². The normalized spacial score (nSPS) is 12.1. The van der Waals surface area contributed by atoms with E-state index >= 15 is 0 Å². The Labute approximate surface area is 121 Å². The van der Waals surface area contributed by atoms with E-state index in [9.17, 15) is 13.6 Å². The van der Waals surface area contributed by atoms with Crippen LogP contribution in [0.15, 0.2) is 29.3 Å². The highest BCUT2D eigenvalue weighted by Crippen LogP contribution is 2.18. The first-order valence-electron chi connectivity index (χ1n) is 6.10. The van der Waals surface area contributed by atoms with Crippen LogP contribution in [0.4, 0.5) is 8.78 Å². The molecule has 0 saturated heterocycles. The highest BCUT2D eigenvalue weighted by molar-refractivity contribution is 7.78. The Morgan fingerprint density at radius 3 is 2.40 bits per heavy atom. The van der Waals surface area contributed by atoms with E-state index in [4.69, 9.17) is 0 Å². The van der Waals surface area contributed by atoms with Gasteiger partial charge in [-0.2, -0.15) is 8.78 Å². The van der Waals surface area contributed by atoms with E-state index < -0.39 is 12.7 Å². The van der Waals surface area contributed by atoms with E-state index in [1.165, 1.54) is 24.3 Å². The van der Waals surface area contributed by atoms with Crippen molar-refractivity contribution in [3.05, 3.63) is 29.8 Å². The number of ether oxygens (including phenoxy) is 1. The van der Waals surface area contributed by atoms with Crippen LogP contribution in [0, 0.1) is 5.92 Å². The Morgan fingerprint density at radius 2 is 1.95 bits per heavy atom. The van der Waals surface area contributed by atoms with Gasteiger partial charge in [0, 0.05) is 5.56 Å². The lowest BCUT2D eigenvalue weighted by atomic mass is 9.96. The Bertz CT molecular complexity index is 496. The van der Waals surface area contributed by atoms with Crippen molar-refractivity contribution in [2.45, 2.75) is 32.9 Å². The summed E-state index contributed by atoms with van der Waals surface area (Å²) in [7, 11) is 0. The minimum Gasteiger partial charge on any atom is -0.435 e. The molecular formula is C14H15F2NO2S. The van der Waals surface area contributed by atoms with Crippen LogP contribution in [0.5, 0.6) is 5.75 Å². The number of rotatable bonds is 7. The Balaban J connectivity index is 2.86. The fourth-order valence-corrected chi connectivity index (χ4v) is 1.85. The Kier molecular flexibility index (Phi) is 6.42. The van der Waals surface area contributed by atoms with Gasteiger partial charge in [-0.3, -0.25) is 4.79 Å². The van der Waals surface area contributed by atoms with E-state index in [-0.39, 0.29) is 17.5 Å². The zero-order chi connectivity index (χ0) is 15.1. The summed E-state index contributed by atoms with van der Waals surface area (Å²) < 4.78 is 28.3. The van der Waals surface area contributed by atoms with E-state index in [0.29, 0.717) is 12.0 Å². The largest absolute Gasteiger partial charge is 0.435 e. The molecule has 0 aliphatic carbocycles. The molecule has 20 heavy (non-hydrogen) atoms. The molecule has 0 heterocycles. The lowest BCUT2D eigenvalue weighted by Crippen LogP contribution is -2.20. The second-order valence-electron chi connectivity index (χ2n) is 4.63. The number of hydrogen-bond donors (Lipinski definition) is 0. The lowest BCUT2D eigenvalue weighted by molar-refractivity contribution is -0.0498. The second-order valence-corrected chi connectivity index (χ2v) is 4.82. The molecule has 1 atom stereocenters. The monoisotopic (exact) mass is 299 g/mol. The number of aliphatic imine (C=N–C) groups is 1. The van der Waals surface area contributed by atoms with Crippen LogP contribution in [0.3, 0.4) is 0 Å². The van der Waals surface area contributed by atoms with Crippen molar-refractivity contribution < 1.29 is 18.3 Å². The zero-order valence-electron chi connectivity index (χ0n) is 11.2. The van der Waals surface area contributed by atoms with Crippen LogP contribution in [0.2, 0.25) is 0 Å². The summed E-state index contributed by atoms with van der Waals surface area (Å²) in [4.78, 5) is 16.1. The number of isothiocyanates is 1. The molecule has 0 radical (unpaired) electrons. The van der Waals surface area contributed by atoms with Crippen molar-refractivity contribution in [3.8, 4) is 5.75 Å². The molecule has 1 aromatic rings. The number of carbonyl (C=O) groups excluding carboxylic acids is 1. The molecule has 0 fully saturated rings. The van der Waals surface area contributed by atoms with Gasteiger partial charge in [-0.15, -0.1) is 0 Å². The van der Waals surface area contributed by atoms with Crippen molar-refractivity contribution in [1.29, 1.82) is 0 Å². The Morgan fingerprint density at radius 1 is 1.35 bits per heavy atom. The standard InChI is InChI=1S/C14H15F2NO2S/c1-9(2)7-12(17-8-20)13(18)10-3-5-11(6-4-10)19-14(15)16/h3-6,9,12,14H,7H2,1-2H3. The maximum atomic E-state index is 12.2. The zero-order valence-corrected chi connectivity index (χ0v) is 12.0. The first kappa shape index (κ1) is 16.4. The molecule has 0 bridgehead atoms. The molecule has 0 aliphatic rings. The molecule has 6 heteroatoms. The molecule has 108 valence electrons. The van der Waals surface area contributed by atoms with Gasteiger partial charge in [0.1, 0.15) is 11.8 Å². The summed E-state index contributed by atoms with van der Waals surface area (Å²) in [5, 5.41) is 2.22. The van der Waals surface area contributed by atoms with Crippen LogP contribution in [0.1, 0.15) is 30.6 Å². The highest BCUT2D eigenvalue weighted by atomic mass is 32.1. The minimum atomic E-state index is -2.88. The van der Waals surface area contributed by atoms with Crippen LogP contribution in [-0.2, 0) is 0 Å². The van der Waals surface area contributed by atoms with E-state index in [0.717, 1.165) is 0 Å². The first-order valence-corrected chi connectivity index (χ1v) is 6.51. The van der Waals surface area contributed by atoms with Gasteiger partial charge in [-0.05, 0) is 48.8 Å². The van der Waals surface area contributed by atoms with Gasteiger partial charge >= 0.3 is 6.61 Å². The number of thiocarbonyl (C=S) groups is 1. The van der Waals surface area contributed by atoms with Crippen molar-refractivity contribution >= 4 is 23.2 Å². The molecule has 1 unspecified atom stereocenters. The number of nitrogens with zero attached hydrogens (tertiary/aromatic N) is 1. The SMILES string of the molecule is CC(C)CC(N=C=S)C(=O)c1ccc(OC(F)F)cc1. The summed E-state index contributed by atoms with van der Waals surface area (Å²) in [5.74, 6) is 0.0763. The lowest BCUT2D eigenvalue weighted by Gasteiger charge is -2.13. The maximum absolute atomic E-state index is 12.2. The summed E-state index contributed by atoms with van der Waals surface area (Å²) >= 11 is 4.55. The molecule has 1 aromatic carbocycles. The third kappa shape index (κ3) is 5.15. The molecule has 0 spiro atoms. The second kappa shape index (κ2) is 7.82. The summed E-state index contributed by atoms with van der Waals surface area (Å²) in [5.41, 5.74) is 0.381. The predicted octanol–water partition coefficient (Wildman–Crippen LogP) is 3.99. The summed E-state index contributed by atoms with van der Waals surface area (Å²) in [6, 6.07) is 4.94. The van der Waals surface area contributed by atoms with Gasteiger partial charge in [0.25, 0.3) is 0 Å². The molecule has 0 saturated carbocycles. The van der Waals surface area contributed by atoms with Gasteiger partial charge in [0.2, 0.25) is 0 Å². The third-order valence-electron chi connectivity index (χ3n) is 2.57. The van der Waals surface area contributed by atoms with Crippen LogP contribution in [0.25, 0.3) is 0 Å². The first-order chi connectivity index (χ1) is 9.43. The molecule has 1 rings (SSSR count). The number of hydrogen-bond acceptors (Lipinski definition) is 4. The number of benzene rings is 1. The van der Waals surface area contributed by atoms with Crippen molar-refractivity contribution in [2.24, 2.45) is 10.9 Å². The minimum absolute atomic E-state index is 0.00953. The Hall–Kier alpha value is -1.65. The van der Waals surface area contributed by atoms with E-state index in [1.54, 1.807) is 0 Å². The van der Waals surface area contributed by atoms with Gasteiger partial charge < -0.3 is 4.74 Å². The smallest absolute Gasteiger partial charge is 0.387 e. The predicted molar refractivity (Wildman–Crippen MR) is 75.7 cm³/mol. The number of carbonyl (C=O) groups is 1. The van der Waals surface area contributed by atoms with Crippen molar-refractivity contribution in [3.63, 3.8) is 0 Å². The highest BCUT2D eigenvalue weighted by Gasteiger charge is 2.20. The molecule has 3 nitrogen and oxygen atoms in total. The van der Waals surface area contributed by atoms with Gasteiger partial charge in [0.05, 0.1) is 5.16 Å². The molecule has 0 aliphatic heterocycles. The molecule has 0 amide bonds. The topological polar surface area (TPSA) is 38.7 Å². The molecule has 0 aromatic heterocycles. The number of halogens is 2. The van der Waals surface area contributed by atoms with Crippen LogP contribution < -0.4 is 4.74 Å². The van der Waals surface area contributed by atoms with Crippen molar-refractivity contribution in [1.82, 2.24) is 0 Å². The fourth-order valence-electron chi connectivity index (χ4n) is 1.72. The van der Waals surface area contributed by atoms with Crippen LogP contribution in [-0.4, -0.2) is 23.6 Å². The number of Topliss-reactive ketones (excluding diaryl/α,β-unsaturated/α-hetero) is 1. The van der Waals surface area contributed by atoms with E-state index in [1.807, 2.05) is 13.8 Å². The van der Waals surface area contributed by atoms with Gasteiger partial charge in [-0.1, -0.05) is 13.8 Å². The fraction of sp³-hybridized carbons (Fsp3) is 0.429. The van der Waals surface area contributed by atoms with Gasteiger partial charge in [0.15, 0.2) is 5.78 Å². The molecular weight excluding hydrogens is 284 g/mol. The van der Waals surface area contributed by atoms with Gasteiger partial charge in [-0.25, -0.2) is 4.99 Å². The summed E-state index contributed by atoms with van der Waals surface area (Å²) in [6.07, 6.45) is 0.553. The quantitative estimate of drug-likeness (QED) is 0.434.